The Kier molecular flexibility index (Phi) is 4.55. The highest BCUT2D eigenvalue weighted by Gasteiger charge is 2.14. The number of hydrogen-bond acceptors (Lipinski definition) is 5. The minimum absolute atomic E-state index is 0.653. The number of aromatic nitrogens is 2. The van der Waals surface area contributed by atoms with Gasteiger partial charge in [0, 0.05) is 13.1 Å². The first-order chi connectivity index (χ1) is 7.74. The molecule has 1 aliphatic rings. The van der Waals surface area contributed by atoms with Crippen molar-refractivity contribution in [2.24, 2.45) is 5.92 Å². The molecule has 2 rings (SSSR count). The maximum absolute atomic E-state index is 4.02. The van der Waals surface area contributed by atoms with Crippen LogP contribution >= 0.6 is 27.3 Å². The molecule has 16 heavy (non-hydrogen) atoms. The monoisotopic (exact) mass is 304 g/mol. The van der Waals surface area contributed by atoms with Gasteiger partial charge >= 0.3 is 0 Å². The van der Waals surface area contributed by atoms with Crippen molar-refractivity contribution < 1.29 is 0 Å². The van der Waals surface area contributed by atoms with E-state index in [1.54, 1.807) is 11.3 Å². The van der Waals surface area contributed by atoms with Gasteiger partial charge in [-0.3, -0.25) is 0 Å². The summed E-state index contributed by atoms with van der Waals surface area (Å²) < 4.78 is 0.835. The van der Waals surface area contributed by atoms with Crippen LogP contribution in [0.2, 0.25) is 0 Å². The van der Waals surface area contributed by atoms with Crippen molar-refractivity contribution in [3.8, 4) is 0 Å². The molecule has 1 unspecified atom stereocenters. The molecule has 1 atom stereocenters. The molecule has 1 aromatic rings. The second-order valence-electron chi connectivity index (χ2n) is 4.35. The van der Waals surface area contributed by atoms with Gasteiger partial charge in [-0.1, -0.05) is 18.3 Å². The van der Waals surface area contributed by atoms with Gasteiger partial charge in [0.05, 0.1) is 0 Å². The summed E-state index contributed by atoms with van der Waals surface area (Å²) >= 11 is 4.85. The number of halogens is 1. The molecule has 4 nitrogen and oxygen atoms in total. The molecule has 6 heteroatoms. The average Bonchev–Trinajstić information content (AvgIpc) is 2.87. The Hall–Kier alpha value is -0.200. The topological polar surface area (TPSA) is 41.1 Å². The van der Waals surface area contributed by atoms with Crippen molar-refractivity contribution in [2.75, 3.05) is 31.5 Å². The Morgan fingerprint density at radius 3 is 2.81 bits per heavy atom. The van der Waals surface area contributed by atoms with E-state index in [1.807, 2.05) is 0 Å². The summed E-state index contributed by atoms with van der Waals surface area (Å²) in [4.78, 5) is 2.54. The smallest absolute Gasteiger partial charge is 0.206 e. The summed E-state index contributed by atoms with van der Waals surface area (Å²) in [6.07, 6.45) is 2.73. The largest absolute Gasteiger partial charge is 0.360 e. The Morgan fingerprint density at radius 2 is 2.19 bits per heavy atom. The fraction of sp³-hybridized carbons (Fsp3) is 0.800. The highest BCUT2D eigenvalue weighted by atomic mass is 79.9. The van der Waals surface area contributed by atoms with Crippen molar-refractivity contribution >= 4 is 32.4 Å². The SMILES string of the molecule is CC(CNc1nnc(Br)s1)CN1CCCC1. The normalized spacial score (nSPS) is 18.9. The first kappa shape index (κ1) is 12.3. The van der Waals surface area contributed by atoms with Crippen LogP contribution in [-0.2, 0) is 0 Å². The molecule has 1 aromatic heterocycles. The number of nitrogens with one attached hydrogen (secondary N) is 1. The maximum Gasteiger partial charge on any atom is 0.206 e. The van der Waals surface area contributed by atoms with E-state index in [0.29, 0.717) is 5.92 Å². The highest BCUT2D eigenvalue weighted by Crippen LogP contribution is 2.20. The summed E-state index contributed by atoms with van der Waals surface area (Å²) in [6, 6.07) is 0. The fourth-order valence-electron chi connectivity index (χ4n) is 2.01. The highest BCUT2D eigenvalue weighted by molar-refractivity contribution is 9.11. The van der Waals surface area contributed by atoms with Crippen molar-refractivity contribution in [1.29, 1.82) is 0 Å². The molecule has 0 saturated carbocycles. The lowest BCUT2D eigenvalue weighted by molar-refractivity contribution is 0.294. The Labute approximate surface area is 109 Å². The summed E-state index contributed by atoms with van der Waals surface area (Å²) in [5, 5.41) is 12.2. The van der Waals surface area contributed by atoms with Crippen LogP contribution in [0.25, 0.3) is 0 Å². The molecule has 1 N–H and O–H groups in total. The second-order valence-corrected chi connectivity index (χ2v) is 6.61. The van der Waals surface area contributed by atoms with E-state index in [2.05, 4.69) is 43.3 Å². The van der Waals surface area contributed by atoms with Crippen LogP contribution in [0.3, 0.4) is 0 Å². The van der Waals surface area contributed by atoms with Gasteiger partial charge < -0.3 is 10.2 Å². The van der Waals surface area contributed by atoms with E-state index in [9.17, 15) is 0 Å². The molecular weight excluding hydrogens is 288 g/mol. The van der Waals surface area contributed by atoms with Crippen LogP contribution in [-0.4, -0.2) is 41.3 Å². The van der Waals surface area contributed by atoms with Gasteiger partial charge in [-0.2, -0.15) is 0 Å². The number of anilines is 1. The standard InChI is InChI=1S/C10H17BrN4S/c1-8(7-15-4-2-3-5-15)6-12-10-14-13-9(11)16-10/h8H,2-7H2,1H3,(H,12,14). The van der Waals surface area contributed by atoms with Gasteiger partial charge in [0.2, 0.25) is 5.13 Å². The van der Waals surface area contributed by atoms with E-state index in [1.165, 1.54) is 32.5 Å². The van der Waals surface area contributed by atoms with E-state index >= 15 is 0 Å². The zero-order valence-electron chi connectivity index (χ0n) is 9.45. The minimum Gasteiger partial charge on any atom is -0.360 e. The lowest BCUT2D eigenvalue weighted by Crippen LogP contribution is -2.28. The third-order valence-electron chi connectivity index (χ3n) is 2.77. The van der Waals surface area contributed by atoms with Crippen LogP contribution in [0.5, 0.6) is 0 Å². The van der Waals surface area contributed by atoms with Crippen LogP contribution in [0.1, 0.15) is 19.8 Å². The van der Waals surface area contributed by atoms with Crippen LogP contribution in [0.15, 0.2) is 3.92 Å². The van der Waals surface area contributed by atoms with Crippen molar-refractivity contribution in [2.45, 2.75) is 19.8 Å². The second kappa shape index (κ2) is 5.93. The zero-order chi connectivity index (χ0) is 11.4. The summed E-state index contributed by atoms with van der Waals surface area (Å²) in [7, 11) is 0. The van der Waals surface area contributed by atoms with Crippen molar-refractivity contribution in [3.63, 3.8) is 0 Å². The van der Waals surface area contributed by atoms with Gasteiger partial charge in [0.25, 0.3) is 0 Å². The van der Waals surface area contributed by atoms with Crippen molar-refractivity contribution in [1.82, 2.24) is 15.1 Å². The first-order valence-corrected chi connectivity index (χ1v) is 7.30. The third-order valence-corrected chi connectivity index (χ3v) is 4.08. The molecule has 0 bridgehead atoms. The van der Waals surface area contributed by atoms with Crippen LogP contribution in [0.4, 0.5) is 5.13 Å². The summed E-state index contributed by atoms with van der Waals surface area (Å²) in [5.74, 6) is 0.653. The molecule has 2 heterocycles. The number of rotatable bonds is 5. The lowest BCUT2D eigenvalue weighted by atomic mass is 10.2. The molecular formula is C10H17BrN4S. The number of hydrogen-bond donors (Lipinski definition) is 1. The first-order valence-electron chi connectivity index (χ1n) is 5.69. The molecule has 0 aromatic carbocycles. The average molecular weight is 305 g/mol. The van der Waals surface area contributed by atoms with Crippen molar-refractivity contribution in [3.05, 3.63) is 3.92 Å². The fourth-order valence-corrected chi connectivity index (χ4v) is 3.03. The Balaban J connectivity index is 1.68. The summed E-state index contributed by atoms with van der Waals surface area (Å²) in [5.41, 5.74) is 0. The van der Waals surface area contributed by atoms with Gasteiger partial charge in [-0.25, -0.2) is 0 Å². The Morgan fingerprint density at radius 1 is 1.44 bits per heavy atom. The minimum atomic E-state index is 0.653. The van der Waals surface area contributed by atoms with Gasteiger partial charge in [0.15, 0.2) is 3.92 Å². The molecule has 0 spiro atoms. The van der Waals surface area contributed by atoms with Crippen LogP contribution < -0.4 is 5.32 Å². The van der Waals surface area contributed by atoms with Gasteiger partial charge in [-0.15, -0.1) is 10.2 Å². The predicted molar refractivity (Wildman–Crippen MR) is 70.9 cm³/mol. The third kappa shape index (κ3) is 3.68. The zero-order valence-corrected chi connectivity index (χ0v) is 11.9. The number of likely N-dealkylation sites (tertiary alicyclic amines) is 1. The number of nitrogens with zero attached hydrogens (tertiary/aromatic N) is 3. The molecule has 1 fully saturated rings. The molecule has 90 valence electrons. The van der Waals surface area contributed by atoms with E-state index in [0.717, 1.165) is 15.6 Å². The molecule has 0 amide bonds. The predicted octanol–water partition coefficient (Wildman–Crippen LogP) is 2.44. The van der Waals surface area contributed by atoms with Crippen LogP contribution in [0, 0.1) is 5.92 Å². The molecule has 0 radical (unpaired) electrons. The maximum atomic E-state index is 4.02. The molecule has 1 aliphatic heterocycles. The lowest BCUT2D eigenvalue weighted by Gasteiger charge is -2.20. The summed E-state index contributed by atoms with van der Waals surface area (Å²) in [6.45, 7) is 6.98. The van der Waals surface area contributed by atoms with E-state index in [4.69, 9.17) is 0 Å². The van der Waals surface area contributed by atoms with Gasteiger partial charge in [-0.05, 0) is 47.8 Å². The van der Waals surface area contributed by atoms with E-state index in [-0.39, 0.29) is 0 Å². The molecule has 0 aliphatic carbocycles. The quantitative estimate of drug-likeness (QED) is 0.907. The Bertz CT molecular complexity index is 324. The molecule has 1 saturated heterocycles. The van der Waals surface area contributed by atoms with E-state index < -0.39 is 0 Å². The van der Waals surface area contributed by atoms with Gasteiger partial charge in [0.1, 0.15) is 0 Å².